The number of nitrogens with zero attached hydrogens (tertiary/aromatic N) is 3. The molecule has 132 valence electrons. The van der Waals surface area contributed by atoms with Gasteiger partial charge in [-0.15, -0.1) is 24.0 Å². The number of nitrogens with one attached hydrogen (secondary N) is 2. The monoisotopic (exact) mass is 437 g/mol. The average Bonchev–Trinajstić information content (AvgIpc) is 3.02. The Hall–Kier alpha value is -0.870. The van der Waals surface area contributed by atoms with E-state index in [2.05, 4.69) is 39.5 Å². The molecule has 0 aromatic carbocycles. The molecule has 1 aromatic rings. The van der Waals surface area contributed by atoms with Gasteiger partial charge in [0.15, 0.2) is 11.7 Å². The van der Waals surface area contributed by atoms with Crippen molar-refractivity contribution in [2.24, 2.45) is 4.99 Å². The Morgan fingerprint density at radius 2 is 2.09 bits per heavy atom. The minimum absolute atomic E-state index is 0. The minimum atomic E-state index is 0. The van der Waals surface area contributed by atoms with Gasteiger partial charge in [0.05, 0.1) is 18.9 Å². The van der Waals surface area contributed by atoms with Crippen LogP contribution in [-0.4, -0.2) is 62.0 Å². The summed E-state index contributed by atoms with van der Waals surface area (Å²) in [6, 6.07) is 1.96. The van der Waals surface area contributed by atoms with Crippen LogP contribution in [0.4, 0.5) is 0 Å². The summed E-state index contributed by atoms with van der Waals surface area (Å²) in [5.74, 6) is 1.60. The van der Waals surface area contributed by atoms with Crippen LogP contribution in [0.1, 0.15) is 25.3 Å². The highest BCUT2D eigenvalue weighted by molar-refractivity contribution is 14.0. The van der Waals surface area contributed by atoms with Gasteiger partial charge in [-0.1, -0.05) is 12.1 Å². The molecule has 0 spiro atoms. The van der Waals surface area contributed by atoms with Crippen LogP contribution in [0.25, 0.3) is 0 Å². The van der Waals surface area contributed by atoms with E-state index in [0.29, 0.717) is 6.54 Å². The SMILES string of the molecule is CCNC(=NCc1cc(CC)no1)NCCN1CCOCC1.I. The summed E-state index contributed by atoms with van der Waals surface area (Å²) >= 11 is 0. The average molecular weight is 437 g/mol. The first kappa shape index (κ1) is 20.2. The van der Waals surface area contributed by atoms with Gasteiger partial charge in [-0.2, -0.15) is 0 Å². The molecule has 1 aliphatic rings. The lowest BCUT2D eigenvalue weighted by Crippen LogP contribution is -2.44. The Balaban J connectivity index is 0.00000264. The topological polar surface area (TPSA) is 74.9 Å². The van der Waals surface area contributed by atoms with Gasteiger partial charge in [0.2, 0.25) is 0 Å². The van der Waals surface area contributed by atoms with Gasteiger partial charge >= 0.3 is 0 Å². The van der Waals surface area contributed by atoms with Crippen LogP contribution >= 0.6 is 24.0 Å². The summed E-state index contributed by atoms with van der Waals surface area (Å²) in [5.41, 5.74) is 0.968. The Morgan fingerprint density at radius 3 is 2.74 bits per heavy atom. The van der Waals surface area contributed by atoms with E-state index in [1.165, 1.54) is 0 Å². The molecule has 7 nitrogen and oxygen atoms in total. The number of guanidine groups is 1. The van der Waals surface area contributed by atoms with Crippen LogP contribution in [-0.2, 0) is 17.7 Å². The predicted octanol–water partition coefficient (Wildman–Crippen LogP) is 1.24. The summed E-state index contributed by atoms with van der Waals surface area (Å²) in [6.07, 6.45) is 0.880. The molecule has 0 aliphatic carbocycles. The van der Waals surface area contributed by atoms with Crippen molar-refractivity contribution >= 4 is 29.9 Å². The molecular weight excluding hydrogens is 409 g/mol. The van der Waals surface area contributed by atoms with E-state index in [-0.39, 0.29) is 24.0 Å². The van der Waals surface area contributed by atoms with Crippen LogP contribution in [0.15, 0.2) is 15.6 Å². The van der Waals surface area contributed by atoms with E-state index in [4.69, 9.17) is 9.26 Å². The van der Waals surface area contributed by atoms with E-state index in [9.17, 15) is 0 Å². The highest BCUT2D eigenvalue weighted by Crippen LogP contribution is 2.05. The maximum absolute atomic E-state index is 5.35. The molecule has 23 heavy (non-hydrogen) atoms. The standard InChI is InChI=1S/C15H27N5O2.HI/c1-3-13-11-14(22-19-13)12-18-15(16-4-2)17-5-6-20-7-9-21-10-8-20;/h11H,3-10,12H2,1-2H3,(H2,16,17,18);1H. The maximum atomic E-state index is 5.35. The fourth-order valence-corrected chi connectivity index (χ4v) is 2.25. The molecule has 1 saturated heterocycles. The second-order valence-corrected chi connectivity index (χ2v) is 5.21. The number of halogens is 1. The van der Waals surface area contributed by atoms with E-state index in [0.717, 1.165) is 69.8 Å². The lowest BCUT2D eigenvalue weighted by molar-refractivity contribution is 0.0389. The summed E-state index contributed by atoms with van der Waals surface area (Å²) in [6.45, 7) is 11.0. The van der Waals surface area contributed by atoms with Gasteiger partial charge in [-0.25, -0.2) is 4.99 Å². The van der Waals surface area contributed by atoms with Crippen LogP contribution < -0.4 is 10.6 Å². The molecule has 2 N–H and O–H groups in total. The first-order valence-corrected chi connectivity index (χ1v) is 8.08. The molecule has 0 bridgehead atoms. The number of aromatic nitrogens is 1. The van der Waals surface area contributed by atoms with Crippen molar-refractivity contribution in [3.63, 3.8) is 0 Å². The number of aliphatic imine (C=N–C) groups is 1. The highest BCUT2D eigenvalue weighted by Gasteiger charge is 2.09. The van der Waals surface area contributed by atoms with Crippen molar-refractivity contribution < 1.29 is 9.26 Å². The lowest BCUT2D eigenvalue weighted by atomic mass is 10.3. The Labute approximate surface area is 155 Å². The molecule has 2 rings (SSSR count). The molecular formula is C15H28IN5O2. The highest BCUT2D eigenvalue weighted by atomic mass is 127. The molecule has 8 heteroatoms. The molecule has 0 saturated carbocycles. The second kappa shape index (κ2) is 11.6. The van der Waals surface area contributed by atoms with Crippen molar-refractivity contribution in [3.8, 4) is 0 Å². The molecule has 1 aromatic heterocycles. The van der Waals surface area contributed by atoms with Crippen LogP contribution in [0, 0.1) is 0 Å². The van der Waals surface area contributed by atoms with Crippen molar-refractivity contribution in [1.82, 2.24) is 20.7 Å². The number of aryl methyl sites for hydroxylation is 1. The largest absolute Gasteiger partial charge is 0.379 e. The first-order chi connectivity index (χ1) is 10.8. The molecule has 0 radical (unpaired) electrons. The zero-order valence-electron chi connectivity index (χ0n) is 14.0. The molecule has 1 fully saturated rings. The van der Waals surface area contributed by atoms with E-state index in [1.807, 2.05) is 6.07 Å². The van der Waals surface area contributed by atoms with Crippen molar-refractivity contribution in [3.05, 3.63) is 17.5 Å². The quantitative estimate of drug-likeness (QED) is 0.380. The number of morpholine rings is 1. The molecule has 0 amide bonds. The number of ether oxygens (including phenoxy) is 1. The van der Waals surface area contributed by atoms with Crippen LogP contribution in [0.3, 0.4) is 0 Å². The predicted molar refractivity (Wildman–Crippen MR) is 101 cm³/mol. The van der Waals surface area contributed by atoms with Gasteiger partial charge < -0.3 is 19.9 Å². The molecule has 0 atom stereocenters. The Bertz CT molecular complexity index is 460. The van der Waals surface area contributed by atoms with Gasteiger partial charge in [0.25, 0.3) is 0 Å². The molecule has 1 aliphatic heterocycles. The van der Waals surface area contributed by atoms with Crippen LogP contribution in [0.2, 0.25) is 0 Å². The van der Waals surface area contributed by atoms with Crippen LogP contribution in [0.5, 0.6) is 0 Å². The van der Waals surface area contributed by atoms with E-state index < -0.39 is 0 Å². The summed E-state index contributed by atoms with van der Waals surface area (Å²) in [7, 11) is 0. The summed E-state index contributed by atoms with van der Waals surface area (Å²) < 4.78 is 10.6. The summed E-state index contributed by atoms with van der Waals surface area (Å²) in [4.78, 5) is 6.92. The second-order valence-electron chi connectivity index (χ2n) is 5.21. The zero-order chi connectivity index (χ0) is 15.6. The van der Waals surface area contributed by atoms with Gasteiger partial charge in [0, 0.05) is 38.8 Å². The zero-order valence-corrected chi connectivity index (χ0v) is 16.3. The number of hydrogen-bond donors (Lipinski definition) is 2. The first-order valence-electron chi connectivity index (χ1n) is 8.08. The van der Waals surface area contributed by atoms with Gasteiger partial charge in [0.1, 0.15) is 6.54 Å². The van der Waals surface area contributed by atoms with E-state index in [1.54, 1.807) is 0 Å². The third kappa shape index (κ3) is 7.49. The maximum Gasteiger partial charge on any atom is 0.191 e. The fourth-order valence-electron chi connectivity index (χ4n) is 2.25. The third-order valence-corrected chi connectivity index (χ3v) is 3.53. The third-order valence-electron chi connectivity index (χ3n) is 3.53. The fraction of sp³-hybridized carbons (Fsp3) is 0.733. The van der Waals surface area contributed by atoms with Crippen molar-refractivity contribution in [2.45, 2.75) is 26.8 Å². The smallest absolute Gasteiger partial charge is 0.191 e. The van der Waals surface area contributed by atoms with Gasteiger partial charge in [-0.05, 0) is 13.3 Å². The Kier molecular flexibility index (Phi) is 10.2. The van der Waals surface area contributed by atoms with Gasteiger partial charge in [-0.3, -0.25) is 4.90 Å². The normalized spacial score (nSPS) is 16.0. The lowest BCUT2D eigenvalue weighted by Gasteiger charge is -2.26. The number of hydrogen-bond acceptors (Lipinski definition) is 5. The Morgan fingerprint density at radius 1 is 1.30 bits per heavy atom. The van der Waals surface area contributed by atoms with E-state index >= 15 is 0 Å². The minimum Gasteiger partial charge on any atom is -0.379 e. The number of rotatable bonds is 7. The van der Waals surface area contributed by atoms with Crippen molar-refractivity contribution in [2.75, 3.05) is 45.9 Å². The molecule has 2 heterocycles. The molecule has 0 unspecified atom stereocenters. The van der Waals surface area contributed by atoms with Crippen molar-refractivity contribution in [1.29, 1.82) is 0 Å². The summed E-state index contributed by atoms with van der Waals surface area (Å²) in [5, 5.41) is 10.6.